The Labute approximate surface area is 135 Å². The maximum Gasteiger partial charge on any atom is 0.419 e. The summed E-state index contributed by atoms with van der Waals surface area (Å²) in [5.74, 6) is -0.0172. The van der Waals surface area contributed by atoms with E-state index in [-0.39, 0.29) is 31.1 Å². The zero-order valence-electron chi connectivity index (χ0n) is 12.8. The fourth-order valence-corrected chi connectivity index (χ4v) is 2.35. The minimum Gasteiger partial charge on any atom is -0.339 e. The third-order valence-corrected chi connectivity index (χ3v) is 3.69. The summed E-state index contributed by atoms with van der Waals surface area (Å²) in [7, 11) is 0. The predicted octanol–water partition coefficient (Wildman–Crippen LogP) is 2.58. The smallest absolute Gasteiger partial charge is 0.339 e. The van der Waals surface area contributed by atoms with Gasteiger partial charge in [0.15, 0.2) is 0 Å². The van der Waals surface area contributed by atoms with Crippen LogP contribution in [0.1, 0.15) is 24.8 Å². The van der Waals surface area contributed by atoms with Crippen molar-refractivity contribution in [2.45, 2.75) is 31.9 Å². The van der Waals surface area contributed by atoms with E-state index in [0.29, 0.717) is 26.2 Å². The van der Waals surface area contributed by atoms with Crippen molar-refractivity contribution in [1.29, 1.82) is 0 Å². The first-order valence-corrected chi connectivity index (χ1v) is 7.47. The highest BCUT2D eigenvalue weighted by Gasteiger charge is 2.32. The molecule has 1 amide bonds. The Bertz CT molecular complexity index is 541. The Morgan fingerprint density at radius 1 is 1.12 bits per heavy atom. The number of aromatic nitrogens is 2. The Morgan fingerprint density at radius 3 is 2.21 bits per heavy atom. The van der Waals surface area contributed by atoms with Gasteiger partial charge in [0, 0.05) is 51.4 Å². The Balaban J connectivity index is 1.83. The molecule has 2 rings (SSSR count). The molecule has 0 saturated carbocycles. The SMILES string of the molecule is O=C(CCCC(F)F)N1CCN(c2ncc(C(F)(F)F)cn2)CC1. The van der Waals surface area contributed by atoms with E-state index in [1.807, 2.05) is 0 Å². The van der Waals surface area contributed by atoms with Crippen LogP contribution < -0.4 is 4.90 Å². The summed E-state index contributed by atoms with van der Waals surface area (Å²) < 4.78 is 61.5. The third kappa shape index (κ3) is 5.00. The number of anilines is 1. The van der Waals surface area contributed by atoms with E-state index < -0.39 is 18.2 Å². The largest absolute Gasteiger partial charge is 0.419 e. The van der Waals surface area contributed by atoms with Gasteiger partial charge in [0.05, 0.1) is 5.56 Å². The van der Waals surface area contributed by atoms with Gasteiger partial charge in [-0.3, -0.25) is 4.79 Å². The molecule has 1 aromatic rings. The minimum absolute atomic E-state index is 0.0706. The molecule has 0 spiro atoms. The van der Waals surface area contributed by atoms with Gasteiger partial charge in [-0.15, -0.1) is 0 Å². The number of carbonyl (C=O) groups excluding carboxylic acids is 1. The summed E-state index contributed by atoms with van der Waals surface area (Å²) in [6, 6.07) is 0. The lowest BCUT2D eigenvalue weighted by atomic mass is 10.2. The molecule has 0 radical (unpaired) electrons. The molecule has 0 bridgehead atoms. The van der Waals surface area contributed by atoms with Gasteiger partial charge < -0.3 is 9.80 Å². The molecule has 1 saturated heterocycles. The monoisotopic (exact) mass is 352 g/mol. The zero-order chi connectivity index (χ0) is 17.7. The number of alkyl halides is 5. The molecule has 1 aliphatic heterocycles. The van der Waals surface area contributed by atoms with Crippen LogP contribution in [0.25, 0.3) is 0 Å². The van der Waals surface area contributed by atoms with Crippen molar-refractivity contribution < 1.29 is 26.7 Å². The first-order chi connectivity index (χ1) is 11.3. The first kappa shape index (κ1) is 18.3. The second-order valence-corrected chi connectivity index (χ2v) is 5.42. The van der Waals surface area contributed by atoms with Crippen molar-refractivity contribution in [3.05, 3.63) is 18.0 Å². The highest BCUT2D eigenvalue weighted by Crippen LogP contribution is 2.28. The number of piperazine rings is 1. The fraction of sp³-hybridized carbons (Fsp3) is 0.643. The van der Waals surface area contributed by atoms with E-state index >= 15 is 0 Å². The van der Waals surface area contributed by atoms with Gasteiger partial charge in [-0.25, -0.2) is 18.7 Å². The Hall–Kier alpha value is -2.00. The average Bonchev–Trinajstić information content (AvgIpc) is 2.54. The van der Waals surface area contributed by atoms with Crippen LogP contribution in [0.15, 0.2) is 12.4 Å². The number of rotatable bonds is 5. The van der Waals surface area contributed by atoms with Crippen LogP contribution in [0.2, 0.25) is 0 Å². The molecule has 1 aromatic heterocycles. The van der Waals surface area contributed by atoms with Crippen molar-refractivity contribution >= 4 is 11.9 Å². The fourth-order valence-electron chi connectivity index (χ4n) is 2.35. The molecule has 24 heavy (non-hydrogen) atoms. The summed E-state index contributed by atoms with van der Waals surface area (Å²) in [6.45, 7) is 1.48. The second-order valence-electron chi connectivity index (χ2n) is 5.42. The Morgan fingerprint density at radius 2 is 1.71 bits per heavy atom. The molecular weight excluding hydrogens is 335 g/mol. The van der Waals surface area contributed by atoms with Crippen molar-refractivity contribution in [2.75, 3.05) is 31.1 Å². The van der Waals surface area contributed by atoms with Crippen LogP contribution in [0.5, 0.6) is 0 Å². The predicted molar refractivity (Wildman–Crippen MR) is 75.7 cm³/mol. The topological polar surface area (TPSA) is 49.3 Å². The van der Waals surface area contributed by atoms with Crippen LogP contribution in [0, 0.1) is 0 Å². The van der Waals surface area contributed by atoms with Gasteiger partial charge in [0.1, 0.15) is 0 Å². The molecule has 134 valence electrons. The number of halogens is 5. The average molecular weight is 352 g/mol. The van der Waals surface area contributed by atoms with Gasteiger partial charge in [-0.2, -0.15) is 13.2 Å². The van der Waals surface area contributed by atoms with Crippen LogP contribution in [-0.4, -0.2) is 53.4 Å². The number of nitrogens with zero attached hydrogens (tertiary/aromatic N) is 4. The number of hydrogen-bond donors (Lipinski definition) is 0. The summed E-state index contributed by atoms with van der Waals surface area (Å²) >= 11 is 0. The highest BCUT2D eigenvalue weighted by molar-refractivity contribution is 5.76. The van der Waals surface area contributed by atoms with E-state index in [2.05, 4.69) is 9.97 Å². The number of amides is 1. The quantitative estimate of drug-likeness (QED) is 0.765. The van der Waals surface area contributed by atoms with E-state index in [1.165, 1.54) is 0 Å². The third-order valence-electron chi connectivity index (χ3n) is 3.69. The lowest BCUT2D eigenvalue weighted by Crippen LogP contribution is -2.49. The van der Waals surface area contributed by atoms with Gasteiger partial charge in [0.25, 0.3) is 0 Å². The van der Waals surface area contributed by atoms with Gasteiger partial charge in [-0.05, 0) is 6.42 Å². The van der Waals surface area contributed by atoms with E-state index in [1.54, 1.807) is 9.80 Å². The maximum atomic E-state index is 12.5. The van der Waals surface area contributed by atoms with Crippen LogP contribution in [0.4, 0.5) is 27.9 Å². The summed E-state index contributed by atoms with van der Waals surface area (Å²) in [5.41, 5.74) is -0.918. The molecule has 0 aliphatic carbocycles. The van der Waals surface area contributed by atoms with Crippen molar-refractivity contribution in [1.82, 2.24) is 14.9 Å². The van der Waals surface area contributed by atoms with E-state index in [4.69, 9.17) is 0 Å². The first-order valence-electron chi connectivity index (χ1n) is 7.47. The van der Waals surface area contributed by atoms with Crippen molar-refractivity contribution in [3.63, 3.8) is 0 Å². The van der Waals surface area contributed by atoms with Crippen molar-refractivity contribution in [3.8, 4) is 0 Å². The van der Waals surface area contributed by atoms with E-state index in [9.17, 15) is 26.7 Å². The Kier molecular flexibility index (Phi) is 5.89. The van der Waals surface area contributed by atoms with Gasteiger partial charge in [-0.1, -0.05) is 0 Å². The normalized spacial score (nSPS) is 15.9. The maximum absolute atomic E-state index is 12.5. The summed E-state index contributed by atoms with van der Waals surface area (Å²) in [5, 5.41) is 0. The molecular formula is C14H17F5N4O. The van der Waals surface area contributed by atoms with Gasteiger partial charge in [0.2, 0.25) is 18.3 Å². The molecule has 5 nitrogen and oxygen atoms in total. The molecule has 1 fully saturated rings. The zero-order valence-corrected chi connectivity index (χ0v) is 12.8. The summed E-state index contributed by atoms with van der Waals surface area (Å²) in [6.07, 6.45) is -5.53. The molecule has 0 unspecified atom stereocenters. The van der Waals surface area contributed by atoms with Crippen LogP contribution in [-0.2, 0) is 11.0 Å². The minimum atomic E-state index is -4.48. The van der Waals surface area contributed by atoms with Crippen LogP contribution >= 0.6 is 0 Å². The molecule has 0 aromatic carbocycles. The lowest BCUT2D eigenvalue weighted by molar-refractivity contribution is -0.138. The second kappa shape index (κ2) is 7.71. The number of hydrogen-bond acceptors (Lipinski definition) is 4. The van der Waals surface area contributed by atoms with E-state index in [0.717, 1.165) is 12.4 Å². The standard InChI is InChI=1S/C14H17F5N4O/c15-11(16)2-1-3-12(24)22-4-6-23(7-5-22)13-20-8-10(9-21-13)14(17,18)19/h8-9,11H,1-7H2. The highest BCUT2D eigenvalue weighted by atomic mass is 19.4. The molecule has 10 heteroatoms. The summed E-state index contributed by atoms with van der Waals surface area (Å²) in [4.78, 5) is 22.6. The molecule has 0 atom stereocenters. The lowest BCUT2D eigenvalue weighted by Gasteiger charge is -2.34. The molecule has 1 aliphatic rings. The van der Waals surface area contributed by atoms with Crippen LogP contribution in [0.3, 0.4) is 0 Å². The van der Waals surface area contributed by atoms with Gasteiger partial charge >= 0.3 is 6.18 Å². The number of carbonyl (C=O) groups is 1. The van der Waals surface area contributed by atoms with Crippen molar-refractivity contribution in [2.24, 2.45) is 0 Å². The molecule has 2 heterocycles. The molecule has 0 N–H and O–H groups in total.